The Hall–Kier alpha value is -2.18. The first-order valence-corrected chi connectivity index (χ1v) is 8.52. The molecular weight excluding hydrogens is 306 g/mol. The first-order valence-electron chi connectivity index (χ1n) is 8.52. The van der Waals surface area contributed by atoms with Crippen molar-refractivity contribution in [1.82, 2.24) is 24.8 Å². The van der Waals surface area contributed by atoms with Crippen LogP contribution in [0.15, 0.2) is 4.52 Å². The number of fused-ring (bicyclic) bond motifs is 1. The molecule has 1 aliphatic heterocycles. The summed E-state index contributed by atoms with van der Waals surface area (Å²) in [6.45, 7) is 7.13. The minimum Gasteiger partial charge on any atom is -0.337 e. The van der Waals surface area contributed by atoms with Gasteiger partial charge in [0.05, 0.1) is 0 Å². The molecule has 0 aromatic carbocycles. The minimum atomic E-state index is -0.385. The Balaban J connectivity index is 1.67. The predicted octanol–water partition coefficient (Wildman–Crippen LogP) is 2.28. The molecule has 128 valence electrons. The van der Waals surface area contributed by atoms with Crippen LogP contribution in [0.25, 0.3) is 11.6 Å². The molecule has 2 aliphatic rings. The molecule has 0 spiro atoms. The largest absolute Gasteiger partial charge is 0.337 e. The molecule has 1 fully saturated rings. The maximum absolute atomic E-state index is 12.6. The molecule has 7 nitrogen and oxygen atoms in total. The van der Waals surface area contributed by atoms with Crippen LogP contribution >= 0.6 is 0 Å². The summed E-state index contributed by atoms with van der Waals surface area (Å²) < 4.78 is 7.33. The number of hydrogen-bond acceptors (Lipinski definition) is 5. The molecule has 2 aromatic heterocycles. The van der Waals surface area contributed by atoms with Gasteiger partial charge in [-0.25, -0.2) is 0 Å². The van der Waals surface area contributed by atoms with Crippen molar-refractivity contribution in [3.8, 4) is 11.6 Å². The lowest BCUT2D eigenvalue weighted by Gasteiger charge is -2.32. The maximum atomic E-state index is 12.6. The number of carbonyl (C=O) groups excluding carboxylic acids is 1. The Labute approximate surface area is 141 Å². The van der Waals surface area contributed by atoms with Gasteiger partial charge in [-0.2, -0.15) is 10.1 Å². The van der Waals surface area contributed by atoms with Gasteiger partial charge in [-0.05, 0) is 12.8 Å². The van der Waals surface area contributed by atoms with E-state index in [2.05, 4.69) is 15.2 Å². The van der Waals surface area contributed by atoms with E-state index in [4.69, 9.17) is 4.52 Å². The van der Waals surface area contributed by atoms with Crippen molar-refractivity contribution < 1.29 is 9.32 Å². The first kappa shape index (κ1) is 15.4. The van der Waals surface area contributed by atoms with Crippen LogP contribution in [0.4, 0.5) is 0 Å². The fourth-order valence-electron chi connectivity index (χ4n) is 3.25. The van der Waals surface area contributed by atoms with Gasteiger partial charge < -0.3 is 9.42 Å². The summed E-state index contributed by atoms with van der Waals surface area (Å²) in [5.74, 6) is 1.86. The zero-order valence-corrected chi connectivity index (χ0v) is 14.7. The van der Waals surface area contributed by atoms with Gasteiger partial charge in [0, 0.05) is 49.1 Å². The van der Waals surface area contributed by atoms with Gasteiger partial charge >= 0.3 is 0 Å². The molecule has 1 aliphatic carbocycles. The monoisotopic (exact) mass is 329 g/mol. The van der Waals surface area contributed by atoms with E-state index in [9.17, 15) is 4.79 Å². The smallest absolute Gasteiger partial charge is 0.278 e. The van der Waals surface area contributed by atoms with E-state index in [1.54, 1.807) is 0 Å². The van der Waals surface area contributed by atoms with Gasteiger partial charge in [0.1, 0.15) is 0 Å². The molecule has 3 heterocycles. The maximum Gasteiger partial charge on any atom is 0.278 e. The topological polar surface area (TPSA) is 77.1 Å². The van der Waals surface area contributed by atoms with Crippen molar-refractivity contribution in [1.29, 1.82) is 0 Å². The van der Waals surface area contributed by atoms with Crippen LogP contribution in [-0.2, 0) is 24.8 Å². The Bertz CT molecular complexity index is 794. The molecule has 0 N–H and O–H groups in total. The average molecular weight is 329 g/mol. The Morgan fingerprint density at radius 1 is 1.29 bits per heavy atom. The molecule has 7 heteroatoms. The molecule has 0 atom stereocenters. The standard InChI is InChI=1S/C17H23N5O2/c1-17(2,3)16(23)22-8-7-12-11(9-22)13(19-21(12)4)15-18-14(20-24-15)10-5-6-10/h10H,5-9H2,1-4H3. The van der Waals surface area contributed by atoms with E-state index in [1.807, 2.05) is 37.4 Å². The van der Waals surface area contributed by atoms with E-state index in [1.165, 1.54) is 0 Å². The quantitative estimate of drug-likeness (QED) is 0.845. The lowest BCUT2D eigenvalue weighted by molar-refractivity contribution is -0.140. The number of carbonyl (C=O) groups is 1. The lowest BCUT2D eigenvalue weighted by Crippen LogP contribution is -2.42. The molecule has 1 saturated carbocycles. The number of nitrogens with zero attached hydrogens (tertiary/aromatic N) is 5. The summed E-state index contributed by atoms with van der Waals surface area (Å²) in [4.78, 5) is 19.1. The zero-order valence-electron chi connectivity index (χ0n) is 14.7. The molecular formula is C17H23N5O2. The van der Waals surface area contributed by atoms with Gasteiger partial charge in [0.2, 0.25) is 5.91 Å². The molecule has 4 rings (SSSR count). The van der Waals surface area contributed by atoms with Gasteiger partial charge in [-0.3, -0.25) is 9.48 Å². The Morgan fingerprint density at radius 2 is 2.04 bits per heavy atom. The molecule has 1 amide bonds. The number of aryl methyl sites for hydroxylation is 1. The highest BCUT2D eigenvalue weighted by Gasteiger charge is 2.34. The summed E-state index contributed by atoms with van der Waals surface area (Å²) in [7, 11) is 1.93. The van der Waals surface area contributed by atoms with E-state index in [0.717, 1.165) is 48.6 Å². The Kier molecular flexibility index (Phi) is 3.30. The minimum absolute atomic E-state index is 0.159. The third kappa shape index (κ3) is 2.52. The van der Waals surface area contributed by atoms with E-state index in [-0.39, 0.29) is 11.3 Å². The number of amides is 1. The fourth-order valence-corrected chi connectivity index (χ4v) is 3.25. The van der Waals surface area contributed by atoms with Crippen LogP contribution < -0.4 is 0 Å². The van der Waals surface area contributed by atoms with Gasteiger partial charge in [-0.1, -0.05) is 25.9 Å². The van der Waals surface area contributed by atoms with Crippen LogP contribution in [0.1, 0.15) is 56.6 Å². The molecule has 24 heavy (non-hydrogen) atoms. The molecule has 0 saturated heterocycles. The average Bonchev–Trinajstić information content (AvgIpc) is 3.18. The third-order valence-electron chi connectivity index (χ3n) is 4.76. The lowest BCUT2D eigenvalue weighted by atomic mass is 9.93. The summed E-state index contributed by atoms with van der Waals surface area (Å²) >= 11 is 0. The second-order valence-electron chi connectivity index (χ2n) is 7.86. The summed E-state index contributed by atoms with van der Waals surface area (Å²) in [6.07, 6.45) is 3.06. The van der Waals surface area contributed by atoms with E-state index in [0.29, 0.717) is 18.4 Å². The fraction of sp³-hybridized carbons (Fsp3) is 0.647. The highest BCUT2D eigenvalue weighted by atomic mass is 16.5. The first-order chi connectivity index (χ1) is 11.3. The predicted molar refractivity (Wildman–Crippen MR) is 87.1 cm³/mol. The third-order valence-corrected chi connectivity index (χ3v) is 4.76. The summed E-state index contributed by atoms with van der Waals surface area (Å²) in [5.41, 5.74) is 2.52. The van der Waals surface area contributed by atoms with Crippen molar-refractivity contribution >= 4 is 5.91 Å². The summed E-state index contributed by atoms with van der Waals surface area (Å²) in [6, 6.07) is 0. The van der Waals surface area contributed by atoms with Crippen LogP contribution in [0.3, 0.4) is 0 Å². The van der Waals surface area contributed by atoms with Gasteiger partial charge in [0.15, 0.2) is 11.5 Å². The number of hydrogen-bond donors (Lipinski definition) is 0. The number of rotatable bonds is 2. The van der Waals surface area contributed by atoms with E-state index >= 15 is 0 Å². The highest BCUT2D eigenvalue weighted by Crippen LogP contribution is 2.39. The molecule has 0 radical (unpaired) electrons. The van der Waals surface area contributed by atoms with Crippen molar-refractivity contribution in [3.05, 3.63) is 17.1 Å². The van der Waals surface area contributed by atoms with E-state index < -0.39 is 0 Å². The van der Waals surface area contributed by atoms with Crippen LogP contribution in [0, 0.1) is 5.41 Å². The van der Waals surface area contributed by atoms with Gasteiger partial charge in [0.25, 0.3) is 5.89 Å². The zero-order chi connectivity index (χ0) is 17.1. The number of aromatic nitrogens is 4. The second-order valence-corrected chi connectivity index (χ2v) is 7.86. The molecule has 2 aromatic rings. The normalized spacial score (nSPS) is 17.9. The van der Waals surface area contributed by atoms with Crippen molar-refractivity contribution in [2.45, 2.75) is 52.5 Å². The Morgan fingerprint density at radius 3 is 2.71 bits per heavy atom. The summed E-state index contributed by atoms with van der Waals surface area (Å²) in [5, 5.41) is 8.68. The van der Waals surface area contributed by atoms with Crippen LogP contribution in [-0.4, -0.2) is 37.3 Å². The second kappa shape index (κ2) is 5.16. The van der Waals surface area contributed by atoms with Crippen molar-refractivity contribution in [3.63, 3.8) is 0 Å². The van der Waals surface area contributed by atoms with Crippen LogP contribution in [0.5, 0.6) is 0 Å². The van der Waals surface area contributed by atoms with Crippen molar-refractivity contribution in [2.75, 3.05) is 6.54 Å². The molecule has 0 bridgehead atoms. The van der Waals surface area contributed by atoms with Crippen LogP contribution in [0.2, 0.25) is 0 Å². The SMILES string of the molecule is Cn1nc(-c2nc(C3CC3)no2)c2c1CCN(C(=O)C(C)(C)C)C2. The highest BCUT2D eigenvalue weighted by molar-refractivity contribution is 5.82. The van der Waals surface area contributed by atoms with Gasteiger partial charge in [-0.15, -0.1) is 0 Å². The van der Waals surface area contributed by atoms with Crippen molar-refractivity contribution in [2.24, 2.45) is 12.5 Å². The molecule has 0 unspecified atom stereocenters.